The Labute approximate surface area is 243 Å². The number of nitrogens with zero attached hydrogens (tertiary/aromatic N) is 3. The van der Waals surface area contributed by atoms with Gasteiger partial charge in [0, 0.05) is 18.2 Å². The molecule has 0 bridgehead atoms. The van der Waals surface area contributed by atoms with Gasteiger partial charge < -0.3 is 10.1 Å². The van der Waals surface area contributed by atoms with Gasteiger partial charge in [-0.15, -0.1) is 0 Å². The molecule has 2 amide bonds. The molecule has 1 aliphatic rings. The third-order valence-electron chi connectivity index (χ3n) is 6.59. The second kappa shape index (κ2) is 14.2. The lowest BCUT2D eigenvalue weighted by atomic mass is 9.95. The lowest BCUT2D eigenvalue weighted by molar-refractivity contribution is -0.384. The van der Waals surface area contributed by atoms with Gasteiger partial charge in [0.15, 0.2) is 6.61 Å². The first-order chi connectivity index (χ1) is 20.2. The first kappa shape index (κ1) is 30.2. The molecule has 2 N–H and O–H groups in total. The van der Waals surface area contributed by atoms with E-state index in [2.05, 4.69) is 15.8 Å². The van der Waals surface area contributed by atoms with Crippen molar-refractivity contribution in [3.8, 4) is 5.75 Å². The van der Waals surface area contributed by atoms with Gasteiger partial charge in [-0.3, -0.25) is 24.0 Å². The molecule has 1 saturated carbocycles. The standard InChI is InChI=1S/C29H31N5O7S/c35-28(20-33(24-13-15-25(16-14-24)34(37)38)42(39,40)27-9-5-2-6-10-27)32-30-19-22-11-17-26(18-12-22)41-21-29(36)31-23-7-3-1-4-8-23/h2,5-6,9-19,23H,1,3-4,7-8,20-21H2,(H,31,36)(H,32,35)/b30-19-. The predicted molar refractivity (Wildman–Crippen MR) is 157 cm³/mol. The largest absolute Gasteiger partial charge is 0.484 e. The molecule has 0 heterocycles. The lowest BCUT2D eigenvalue weighted by Gasteiger charge is -2.23. The molecule has 42 heavy (non-hydrogen) atoms. The number of nitrogens with one attached hydrogen (secondary N) is 2. The van der Waals surface area contributed by atoms with Crippen LogP contribution < -0.4 is 19.8 Å². The molecule has 0 aromatic heterocycles. The smallest absolute Gasteiger partial charge is 0.269 e. The summed E-state index contributed by atoms with van der Waals surface area (Å²) in [6.07, 6.45) is 6.82. The van der Waals surface area contributed by atoms with Crippen LogP contribution in [0.3, 0.4) is 0 Å². The predicted octanol–water partition coefficient (Wildman–Crippen LogP) is 3.77. The Morgan fingerprint density at radius 3 is 2.26 bits per heavy atom. The van der Waals surface area contributed by atoms with Gasteiger partial charge in [-0.25, -0.2) is 13.8 Å². The summed E-state index contributed by atoms with van der Waals surface area (Å²) in [5.74, 6) is -0.389. The van der Waals surface area contributed by atoms with Crippen LogP contribution in [0, 0.1) is 10.1 Å². The number of hydrazone groups is 1. The number of benzene rings is 3. The summed E-state index contributed by atoms with van der Waals surface area (Å²) in [6, 6.07) is 19.3. The van der Waals surface area contributed by atoms with Crippen molar-refractivity contribution in [2.24, 2.45) is 5.10 Å². The molecular formula is C29H31N5O7S. The maximum Gasteiger partial charge on any atom is 0.269 e. The first-order valence-corrected chi connectivity index (χ1v) is 14.8. The maximum atomic E-state index is 13.3. The van der Waals surface area contributed by atoms with Crippen LogP contribution >= 0.6 is 0 Å². The number of rotatable bonds is 12. The minimum Gasteiger partial charge on any atom is -0.484 e. The summed E-state index contributed by atoms with van der Waals surface area (Å²) in [7, 11) is -4.18. The van der Waals surface area contributed by atoms with E-state index in [0.717, 1.165) is 42.1 Å². The van der Waals surface area contributed by atoms with Crippen molar-refractivity contribution in [1.29, 1.82) is 0 Å². The van der Waals surface area contributed by atoms with E-state index in [1.165, 1.54) is 36.9 Å². The summed E-state index contributed by atoms with van der Waals surface area (Å²) in [5.41, 5.74) is 2.79. The van der Waals surface area contributed by atoms with Crippen molar-refractivity contribution in [1.82, 2.24) is 10.7 Å². The van der Waals surface area contributed by atoms with Crippen molar-refractivity contribution in [3.63, 3.8) is 0 Å². The second-order valence-corrected chi connectivity index (χ2v) is 11.5. The molecule has 0 saturated heterocycles. The minimum atomic E-state index is -4.18. The van der Waals surface area contributed by atoms with Gasteiger partial charge in [0.2, 0.25) is 0 Å². The van der Waals surface area contributed by atoms with E-state index in [4.69, 9.17) is 4.74 Å². The van der Waals surface area contributed by atoms with Crippen molar-refractivity contribution in [2.75, 3.05) is 17.5 Å². The molecule has 220 valence electrons. The average Bonchev–Trinajstić information content (AvgIpc) is 3.00. The van der Waals surface area contributed by atoms with Crippen molar-refractivity contribution < 1.29 is 27.7 Å². The molecule has 1 aliphatic carbocycles. The topological polar surface area (TPSA) is 160 Å². The molecule has 0 unspecified atom stereocenters. The fraction of sp³-hybridized carbons (Fsp3) is 0.276. The van der Waals surface area contributed by atoms with Crippen LogP contribution in [0.25, 0.3) is 0 Å². The number of non-ortho nitro benzene ring substituents is 1. The number of ether oxygens (including phenoxy) is 1. The van der Waals surface area contributed by atoms with Gasteiger partial charge >= 0.3 is 0 Å². The molecule has 4 rings (SSSR count). The van der Waals surface area contributed by atoms with Crippen LogP contribution in [0.2, 0.25) is 0 Å². The zero-order chi connectivity index (χ0) is 30.0. The highest BCUT2D eigenvalue weighted by Crippen LogP contribution is 2.25. The monoisotopic (exact) mass is 593 g/mol. The molecule has 13 heteroatoms. The first-order valence-electron chi connectivity index (χ1n) is 13.4. The molecular weight excluding hydrogens is 562 g/mol. The summed E-state index contributed by atoms with van der Waals surface area (Å²) in [6.45, 7) is -0.709. The maximum absolute atomic E-state index is 13.3. The van der Waals surface area contributed by atoms with Gasteiger partial charge in [-0.2, -0.15) is 5.10 Å². The number of carbonyl (C=O) groups excluding carboxylic acids is 2. The van der Waals surface area contributed by atoms with Crippen LogP contribution in [-0.2, 0) is 19.6 Å². The highest BCUT2D eigenvalue weighted by Gasteiger charge is 2.27. The van der Waals surface area contributed by atoms with E-state index in [1.807, 2.05) is 0 Å². The van der Waals surface area contributed by atoms with Crippen LogP contribution in [0.4, 0.5) is 11.4 Å². The fourth-order valence-corrected chi connectivity index (χ4v) is 5.88. The average molecular weight is 594 g/mol. The second-order valence-electron chi connectivity index (χ2n) is 9.65. The number of carbonyl (C=O) groups is 2. The number of anilines is 1. The van der Waals surface area contributed by atoms with E-state index >= 15 is 0 Å². The highest BCUT2D eigenvalue weighted by molar-refractivity contribution is 7.92. The van der Waals surface area contributed by atoms with Gasteiger partial charge in [0.05, 0.1) is 21.7 Å². The van der Waals surface area contributed by atoms with Crippen LogP contribution in [0.5, 0.6) is 5.75 Å². The molecule has 0 atom stereocenters. The van der Waals surface area contributed by atoms with Gasteiger partial charge in [-0.1, -0.05) is 37.5 Å². The Bertz CT molecular complexity index is 1510. The van der Waals surface area contributed by atoms with Gasteiger partial charge in [0.1, 0.15) is 12.3 Å². The molecule has 1 fully saturated rings. The molecule has 12 nitrogen and oxygen atoms in total. The van der Waals surface area contributed by atoms with Gasteiger partial charge in [-0.05, 0) is 66.9 Å². The van der Waals surface area contributed by atoms with E-state index in [-0.39, 0.29) is 34.8 Å². The number of amides is 2. The minimum absolute atomic E-state index is 0.0477. The number of nitro benzene ring substituents is 1. The zero-order valence-electron chi connectivity index (χ0n) is 22.7. The Hall–Kier alpha value is -4.78. The Balaban J connectivity index is 1.35. The summed E-state index contributed by atoms with van der Waals surface area (Å²) in [4.78, 5) is 35.2. The molecule has 0 radical (unpaired) electrons. The molecule has 3 aromatic carbocycles. The van der Waals surface area contributed by atoms with E-state index in [0.29, 0.717) is 11.3 Å². The van der Waals surface area contributed by atoms with E-state index in [1.54, 1.807) is 42.5 Å². The lowest BCUT2D eigenvalue weighted by Crippen LogP contribution is -2.39. The van der Waals surface area contributed by atoms with Crippen LogP contribution in [0.15, 0.2) is 88.9 Å². The number of sulfonamides is 1. The Morgan fingerprint density at radius 1 is 0.952 bits per heavy atom. The van der Waals surface area contributed by atoms with Crippen LogP contribution in [-0.4, -0.2) is 50.6 Å². The van der Waals surface area contributed by atoms with Crippen molar-refractivity contribution in [3.05, 3.63) is 94.5 Å². The third-order valence-corrected chi connectivity index (χ3v) is 8.38. The van der Waals surface area contributed by atoms with Gasteiger partial charge in [0.25, 0.3) is 27.5 Å². The normalized spacial score (nSPS) is 13.8. The Kier molecular flexibility index (Phi) is 10.2. The highest BCUT2D eigenvalue weighted by atomic mass is 32.2. The summed E-state index contributed by atoms with van der Waals surface area (Å²) in [5, 5.41) is 17.9. The van der Waals surface area contributed by atoms with Crippen LogP contribution in [0.1, 0.15) is 37.7 Å². The number of hydrogen-bond donors (Lipinski definition) is 2. The quantitative estimate of drug-likeness (QED) is 0.184. The summed E-state index contributed by atoms with van der Waals surface area (Å²) < 4.78 is 33.1. The number of hydrogen-bond acceptors (Lipinski definition) is 8. The summed E-state index contributed by atoms with van der Waals surface area (Å²) >= 11 is 0. The fourth-order valence-electron chi connectivity index (χ4n) is 4.44. The Morgan fingerprint density at radius 2 is 1.62 bits per heavy atom. The molecule has 0 spiro atoms. The van der Waals surface area contributed by atoms with Crippen molar-refractivity contribution in [2.45, 2.75) is 43.0 Å². The van der Waals surface area contributed by atoms with E-state index in [9.17, 15) is 28.1 Å². The zero-order valence-corrected chi connectivity index (χ0v) is 23.5. The van der Waals surface area contributed by atoms with Crippen molar-refractivity contribution >= 4 is 39.4 Å². The molecule has 3 aromatic rings. The molecule has 0 aliphatic heterocycles. The SMILES string of the molecule is O=C(CN(c1ccc([N+](=O)[O-])cc1)S(=O)(=O)c1ccccc1)N/N=C\c1ccc(OCC(=O)NC2CCCCC2)cc1. The van der Waals surface area contributed by atoms with E-state index < -0.39 is 27.4 Å². The number of nitro groups is 1. The third kappa shape index (κ3) is 8.36.